The Morgan fingerprint density at radius 3 is 2.50 bits per heavy atom. The van der Waals surface area contributed by atoms with Crippen molar-refractivity contribution in [3.05, 3.63) is 70.0 Å². The topological polar surface area (TPSA) is 83.8 Å². The lowest BCUT2D eigenvalue weighted by molar-refractivity contribution is -0.385. The number of benzene rings is 2. The minimum Gasteiger partial charge on any atom is -0.324 e. The number of carbonyl (C=O) groups excluding carboxylic acids is 2. The van der Waals surface area contributed by atoms with Gasteiger partial charge in [0.2, 0.25) is 5.91 Å². The van der Waals surface area contributed by atoms with E-state index < -0.39 is 16.6 Å². The molecule has 26 heavy (non-hydrogen) atoms. The Morgan fingerprint density at radius 2 is 1.88 bits per heavy atom. The van der Waals surface area contributed by atoms with E-state index in [0.717, 1.165) is 0 Å². The van der Waals surface area contributed by atoms with Crippen molar-refractivity contribution in [2.45, 2.75) is 12.8 Å². The zero-order valence-corrected chi connectivity index (χ0v) is 13.8. The molecule has 134 valence electrons. The molecule has 0 aliphatic carbocycles. The summed E-state index contributed by atoms with van der Waals surface area (Å²) in [6.45, 7) is 0.454. The first kappa shape index (κ1) is 17.5. The minimum absolute atomic E-state index is 0.0463. The quantitative estimate of drug-likeness (QED) is 0.608. The standard InChI is InChI=1S/C18H16FN3O4/c19-13-7-9-14(10-8-13)21(12-20-11-3-6-17(20)23)18(24)15-4-1-2-5-16(15)22(25)26/h1-2,4-5,7-10H,3,6,11-12H2. The van der Waals surface area contributed by atoms with E-state index in [0.29, 0.717) is 25.1 Å². The van der Waals surface area contributed by atoms with E-state index in [2.05, 4.69) is 0 Å². The van der Waals surface area contributed by atoms with E-state index in [1.807, 2.05) is 0 Å². The van der Waals surface area contributed by atoms with E-state index in [1.165, 1.54) is 58.3 Å². The van der Waals surface area contributed by atoms with E-state index in [-0.39, 0.29) is 23.8 Å². The van der Waals surface area contributed by atoms with Gasteiger partial charge in [-0.15, -0.1) is 0 Å². The largest absolute Gasteiger partial charge is 0.324 e. The van der Waals surface area contributed by atoms with Crippen molar-refractivity contribution < 1.29 is 18.9 Å². The lowest BCUT2D eigenvalue weighted by Crippen LogP contribution is -2.42. The number of hydrogen-bond acceptors (Lipinski definition) is 4. The van der Waals surface area contributed by atoms with E-state index in [9.17, 15) is 24.1 Å². The maximum Gasteiger partial charge on any atom is 0.282 e. The number of halogens is 1. The number of rotatable bonds is 5. The Balaban J connectivity index is 1.99. The molecule has 2 aromatic rings. The first-order valence-electron chi connectivity index (χ1n) is 8.06. The van der Waals surface area contributed by atoms with Gasteiger partial charge in [0.15, 0.2) is 0 Å². The highest BCUT2D eigenvalue weighted by Gasteiger charge is 2.29. The van der Waals surface area contributed by atoms with Crippen molar-refractivity contribution >= 4 is 23.2 Å². The van der Waals surface area contributed by atoms with Crippen molar-refractivity contribution in [2.24, 2.45) is 0 Å². The third-order valence-corrected chi connectivity index (χ3v) is 4.20. The van der Waals surface area contributed by atoms with Crippen molar-refractivity contribution in [1.82, 2.24) is 4.90 Å². The maximum atomic E-state index is 13.3. The highest BCUT2D eigenvalue weighted by molar-refractivity contribution is 6.08. The molecule has 0 N–H and O–H groups in total. The van der Waals surface area contributed by atoms with Crippen molar-refractivity contribution in [1.29, 1.82) is 0 Å². The second kappa shape index (κ2) is 7.30. The summed E-state index contributed by atoms with van der Waals surface area (Å²) in [6, 6.07) is 10.8. The minimum atomic E-state index is -0.628. The molecule has 1 saturated heterocycles. The Morgan fingerprint density at radius 1 is 1.19 bits per heavy atom. The van der Waals surface area contributed by atoms with E-state index >= 15 is 0 Å². The van der Waals surface area contributed by atoms with Crippen LogP contribution < -0.4 is 4.90 Å². The number of anilines is 1. The summed E-state index contributed by atoms with van der Waals surface area (Å²) < 4.78 is 13.3. The molecule has 0 saturated carbocycles. The molecule has 8 heteroatoms. The summed E-state index contributed by atoms with van der Waals surface area (Å²) in [5.41, 5.74) is -0.0555. The Kier molecular flexibility index (Phi) is 4.92. The number of nitro groups is 1. The summed E-state index contributed by atoms with van der Waals surface area (Å²) in [6.07, 6.45) is 1.09. The molecule has 0 radical (unpaired) electrons. The molecular formula is C18H16FN3O4. The Hall–Kier alpha value is -3.29. The summed E-state index contributed by atoms with van der Waals surface area (Å²) >= 11 is 0. The average molecular weight is 357 g/mol. The number of nitrogens with zero attached hydrogens (tertiary/aromatic N) is 3. The number of carbonyl (C=O) groups is 2. The molecule has 0 bridgehead atoms. The predicted octanol–water partition coefficient (Wildman–Crippen LogP) is 2.96. The molecule has 7 nitrogen and oxygen atoms in total. The highest BCUT2D eigenvalue weighted by atomic mass is 19.1. The van der Waals surface area contributed by atoms with Gasteiger partial charge in [-0.1, -0.05) is 12.1 Å². The summed E-state index contributed by atoms with van der Waals surface area (Å²) in [5, 5.41) is 11.2. The SMILES string of the molecule is O=C1CCCN1CN(C(=O)c1ccccc1[N+](=O)[O-])c1ccc(F)cc1. The molecule has 3 rings (SSSR count). The van der Waals surface area contributed by atoms with Crippen LogP contribution >= 0.6 is 0 Å². The van der Waals surface area contributed by atoms with Crippen molar-refractivity contribution in [2.75, 3.05) is 18.1 Å². The molecule has 0 atom stereocenters. The van der Waals surface area contributed by atoms with Crippen LogP contribution in [0.3, 0.4) is 0 Å². The first-order valence-corrected chi connectivity index (χ1v) is 8.06. The van der Waals surface area contributed by atoms with Gasteiger partial charge in [0.05, 0.1) is 4.92 Å². The average Bonchev–Trinajstić information content (AvgIpc) is 3.04. The Labute approximate surface area is 148 Å². The number of nitro benzene ring substituents is 1. The van der Waals surface area contributed by atoms with Gasteiger partial charge in [0.1, 0.15) is 18.0 Å². The second-order valence-electron chi connectivity index (χ2n) is 5.89. The second-order valence-corrected chi connectivity index (χ2v) is 5.89. The molecule has 0 aromatic heterocycles. The zero-order valence-electron chi connectivity index (χ0n) is 13.8. The van der Waals surface area contributed by atoms with Crippen LogP contribution in [-0.4, -0.2) is 34.9 Å². The van der Waals surface area contributed by atoms with E-state index in [4.69, 9.17) is 0 Å². The number of hydrogen-bond donors (Lipinski definition) is 0. The maximum absolute atomic E-state index is 13.3. The molecule has 2 aromatic carbocycles. The van der Waals surface area contributed by atoms with Crippen LogP contribution in [0.4, 0.5) is 15.8 Å². The van der Waals surface area contributed by atoms with Crippen LogP contribution in [0.25, 0.3) is 0 Å². The molecule has 2 amide bonds. The van der Waals surface area contributed by atoms with Crippen LogP contribution in [0.1, 0.15) is 23.2 Å². The normalized spacial score (nSPS) is 13.7. The summed E-state index contributed by atoms with van der Waals surface area (Å²) in [4.78, 5) is 38.4. The van der Waals surface area contributed by atoms with Gasteiger partial charge in [0, 0.05) is 24.7 Å². The predicted molar refractivity (Wildman–Crippen MR) is 92.1 cm³/mol. The van der Waals surface area contributed by atoms with Gasteiger partial charge in [-0.25, -0.2) is 4.39 Å². The molecule has 1 heterocycles. The monoisotopic (exact) mass is 357 g/mol. The van der Waals surface area contributed by atoms with Crippen LogP contribution in [0.5, 0.6) is 0 Å². The van der Waals surface area contributed by atoms with Gasteiger partial charge >= 0.3 is 0 Å². The number of para-hydroxylation sites is 1. The van der Waals surface area contributed by atoms with Crippen LogP contribution in [0.15, 0.2) is 48.5 Å². The molecule has 1 aliphatic rings. The number of likely N-dealkylation sites (tertiary alicyclic amines) is 1. The van der Waals surface area contributed by atoms with Crippen LogP contribution in [0.2, 0.25) is 0 Å². The molecule has 0 unspecified atom stereocenters. The Bertz CT molecular complexity index is 854. The van der Waals surface area contributed by atoms with Gasteiger partial charge in [-0.05, 0) is 36.8 Å². The first-order chi connectivity index (χ1) is 12.5. The zero-order chi connectivity index (χ0) is 18.7. The summed E-state index contributed by atoms with van der Waals surface area (Å²) in [7, 11) is 0. The number of amides is 2. The van der Waals surface area contributed by atoms with Gasteiger partial charge in [-0.3, -0.25) is 24.6 Å². The van der Waals surface area contributed by atoms with Gasteiger partial charge < -0.3 is 4.90 Å². The van der Waals surface area contributed by atoms with Crippen molar-refractivity contribution in [3.63, 3.8) is 0 Å². The van der Waals surface area contributed by atoms with Gasteiger partial charge in [-0.2, -0.15) is 0 Å². The molecule has 1 fully saturated rings. The fraction of sp³-hybridized carbons (Fsp3) is 0.222. The lowest BCUT2D eigenvalue weighted by atomic mass is 10.1. The fourth-order valence-corrected chi connectivity index (χ4v) is 2.87. The van der Waals surface area contributed by atoms with E-state index in [1.54, 1.807) is 0 Å². The van der Waals surface area contributed by atoms with Crippen LogP contribution in [-0.2, 0) is 4.79 Å². The molecule has 1 aliphatic heterocycles. The highest BCUT2D eigenvalue weighted by Crippen LogP contribution is 2.25. The third kappa shape index (κ3) is 3.53. The van der Waals surface area contributed by atoms with Gasteiger partial charge in [0.25, 0.3) is 11.6 Å². The van der Waals surface area contributed by atoms with Crippen LogP contribution in [0, 0.1) is 15.9 Å². The molecule has 0 spiro atoms. The summed E-state index contributed by atoms with van der Waals surface area (Å²) in [5.74, 6) is -1.18. The fourth-order valence-electron chi connectivity index (χ4n) is 2.87. The van der Waals surface area contributed by atoms with Crippen molar-refractivity contribution in [3.8, 4) is 0 Å². The smallest absolute Gasteiger partial charge is 0.282 e. The lowest BCUT2D eigenvalue weighted by Gasteiger charge is -2.28. The third-order valence-electron chi connectivity index (χ3n) is 4.20. The molecular weight excluding hydrogens is 341 g/mol.